The molecular weight excluding hydrogens is 663 g/mol. The molecule has 1 heteroatoms. The summed E-state index contributed by atoms with van der Waals surface area (Å²) in [6.45, 7) is 9.33. The number of nitrogens with zero attached hydrogens (tertiary/aromatic N) is 1. The van der Waals surface area contributed by atoms with Gasteiger partial charge in [-0.2, -0.15) is 0 Å². The molecule has 0 aromatic heterocycles. The third kappa shape index (κ3) is 4.36. The van der Waals surface area contributed by atoms with Crippen molar-refractivity contribution < 1.29 is 0 Å². The minimum absolute atomic E-state index is 0.105. The topological polar surface area (TPSA) is 3.24 Å². The van der Waals surface area contributed by atoms with Crippen LogP contribution < -0.4 is 4.90 Å². The van der Waals surface area contributed by atoms with Crippen molar-refractivity contribution in [3.63, 3.8) is 0 Å². The zero-order valence-electron chi connectivity index (χ0n) is 31.9. The fourth-order valence-corrected chi connectivity index (χ4v) is 10.8. The van der Waals surface area contributed by atoms with Crippen molar-refractivity contribution in [2.24, 2.45) is 0 Å². The molecule has 1 nitrogen and oxygen atoms in total. The first kappa shape index (κ1) is 32.3. The van der Waals surface area contributed by atoms with Gasteiger partial charge < -0.3 is 4.90 Å². The van der Waals surface area contributed by atoms with Crippen molar-refractivity contribution in [1.29, 1.82) is 0 Å². The van der Waals surface area contributed by atoms with E-state index in [1.807, 2.05) is 0 Å². The average Bonchev–Trinajstić information content (AvgIpc) is 3.77. The smallest absolute Gasteiger partial charge is 0.0726 e. The van der Waals surface area contributed by atoms with Gasteiger partial charge in [0.2, 0.25) is 0 Å². The van der Waals surface area contributed by atoms with Gasteiger partial charge >= 0.3 is 0 Å². The van der Waals surface area contributed by atoms with Crippen LogP contribution in [0, 0.1) is 6.92 Å². The lowest BCUT2D eigenvalue weighted by molar-refractivity contribution is 0.660. The van der Waals surface area contributed by atoms with Crippen molar-refractivity contribution in [2.75, 3.05) is 4.90 Å². The summed E-state index contributed by atoms with van der Waals surface area (Å²) in [5.74, 6) is 0.410. The third-order valence-electron chi connectivity index (χ3n) is 13.4. The lowest BCUT2D eigenvalue weighted by Gasteiger charge is -2.33. The molecular formula is C54H43N. The van der Waals surface area contributed by atoms with Crippen LogP contribution >= 0.6 is 0 Å². The Morgan fingerprint density at radius 2 is 0.927 bits per heavy atom. The van der Waals surface area contributed by atoms with Crippen molar-refractivity contribution in [2.45, 2.75) is 50.9 Å². The summed E-state index contributed by atoms with van der Waals surface area (Å²) >= 11 is 0. The standard InChI is InChI=1S/C54H43N/c1-34-15-5-6-16-39(34)40-28-25-36(31-35(40)2)55(37-26-29-45-41-17-7-11-21-47(41)53(3,4)51(45)32-37)38-27-30-46-44-20-10-14-24-50(44)54(52(46)33-38)48-22-12-8-18-42(48)43-19-9-13-23-49(43)54/h5-15,17-33,39H,16H2,1-4H3. The van der Waals surface area contributed by atoms with Gasteiger partial charge in [-0.1, -0.05) is 153 Å². The Morgan fingerprint density at radius 1 is 0.473 bits per heavy atom. The molecule has 0 saturated heterocycles. The average molecular weight is 706 g/mol. The lowest BCUT2D eigenvalue weighted by Crippen LogP contribution is -2.26. The van der Waals surface area contributed by atoms with E-state index in [1.54, 1.807) is 0 Å². The van der Waals surface area contributed by atoms with Crippen LogP contribution in [-0.4, -0.2) is 0 Å². The van der Waals surface area contributed by atoms with Crippen LogP contribution in [0.2, 0.25) is 0 Å². The number of fused-ring (bicyclic) bond motifs is 13. The van der Waals surface area contributed by atoms with Crippen LogP contribution in [0.15, 0.2) is 175 Å². The molecule has 264 valence electrons. The Hall–Kier alpha value is -6.18. The highest BCUT2D eigenvalue weighted by Crippen LogP contribution is 2.63. The highest BCUT2D eigenvalue weighted by molar-refractivity contribution is 5.96. The van der Waals surface area contributed by atoms with E-state index in [1.165, 1.54) is 101 Å². The molecule has 0 heterocycles. The predicted molar refractivity (Wildman–Crippen MR) is 230 cm³/mol. The van der Waals surface area contributed by atoms with Gasteiger partial charge in [-0.15, -0.1) is 0 Å². The summed E-state index contributed by atoms with van der Waals surface area (Å²) < 4.78 is 0. The number of hydrogen-bond acceptors (Lipinski definition) is 1. The van der Waals surface area contributed by atoms with E-state index in [0.717, 1.165) is 6.42 Å². The molecule has 0 radical (unpaired) electrons. The van der Waals surface area contributed by atoms with Crippen LogP contribution in [0.5, 0.6) is 0 Å². The van der Waals surface area contributed by atoms with Gasteiger partial charge in [0, 0.05) is 28.4 Å². The molecule has 1 spiro atoms. The monoisotopic (exact) mass is 705 g/mol. The molecule has 4 aliphatic rings. The number of anilines is 3. The van der Waals surface area contributed by atoms with Crippen LogP contribution in [0.1, 0.15) is 77.6 Å². The van der Waals surface area contributed by atoms with E-state index >= 15 is 0 Å². The molecule has 4 aliphatic carbocycles. The fraction of sp³-hybridized carbons (Fsp3) is 0.148. The number of benzene rings is 7. The summed E-state index contributed by atoms with van der Waals surface area (Å²) in [7, 11) is 0. The highest BCUT2D eigenvalue weighted by atomic mass is 15.1. The van der Waals surface area contributed by atoms with Gasteiger partial charge in [0.25, 0.3) is 0 Å². The van der Waals surface area contributed by atoms with Crippen LogP contribution in [0.3, 0.4) is 0 Å². The number of aryl methyl sites for hydroxylation is 1. The molecule has 0 N–H and O–H groups in total. The first-order chi connectivity index (χ1) is 26.9. The van der Waals surface area contributed by atoms with E-state index in [2.05, 4.69) is 202 Å². The Kier molecular flexibility index (Phi) is 6.84. The summed E-state index contributed by atoms with van der Waals surface area (Å²) in [6.07, 6.45) is 7.82. The largest absolute Gasteiger partial charge is 0.310 e. The van der Waals surface area contributed by atoms with Crippen molar-refractivity contribution >= 4 is 17.1 Å². The highest BCUT2D eigenvalue weighted by Gasteiger charge is 2.51. The number of rotatable bonds is 4. The van der Waals surface area contributed by atoms with Crippen molar-refractivity contribution in [1.82, 2.24) is 0 Å². The Balaban J connectivity index is 1.15. The molecule has 0 fully saturated rings. The molecule has 0 saturated carbocycles. The van der Waals surface area contributed by atoms with E-state index in [-0.39, 0.29) is 5.41 Å². The van der Waals surface area contributed by atoms with Gasteiger partial charge in [-0.05, 0) is 135 Å². The molecule has 1 atom stereocenters. The number of allylic oxidation sites excluding steroid dienone is 4. The van der Waals surface area contributed by atoms with Crippen LogP contribution in [-0.2, 0) is 10.8 Å². The summed E-state index contributed by atoms with van der Waals surface area (Å²) in [6, 6.07) is 57.8. The van der Waals surface area contributed by atoms with Gasteiger partial charge in [0.15, 0.2) is 0 Å². The molecule has 7 aromatic rings. The summed E-state index contributed by atoms with van der Waals surface area (Å²) in [5.41, 5.74) is 23.4. The molecule has 0 aliphatic heterocycles. The maximum atomic E-state index is 2.52. The zero-order valence-corrected chi connectivity index (χ0v) is 31.9. The summed E-state index contributed by atoms with van der Waals surface area (Å²) in [5, 5.41) is 0. The molecule has 11 rings (SSSR count). The molecule has 0 bridgehead atoms. The third-order valence-corrected chi connectivity index (χ3v) is 13.4. The van der Waals surface area contributed by atoms with Crippen LogP contribution in [0.25, 0.3) is 33.4 Å². The minimum atomic E-state index is -0.402. The first-order valence-corrected chi connectivity index (χ1v) is 19.8. The summed E-state index contributed by atoms with van der Waals surface area (Å²) in [4.78, 5) is 2.52. The Labute approximate surface area is 325 Å². The second-order valence-electron chi connectivity index (χ2n) is 16.5. The molecule has 55 heavy (non-hydrogen) atoms. The zero-order chi connectivity index (χ0) is 37.1. The Bertz CT molecular complexity index is 2740. The van der Waals surface area contributed by atoms with Gasteiger partial charge in [0.05, 0.1) is 5.41 Å². The second kappa shape index (κ2) is 11.7. The van der Waals surface area contributed by atoms with E-state index in [0.29, 0.717) is 5.92 Å². The van der Waals surface area contributed by atoms with Gasteiger partial charge in [0.1, 0.15) is 0 Å². The predicted octanol–water partition coefficient (Wildman–Crippen LogP) is 14.1. The molecule has 0 amide bonds. The maximum Gasteiger partial charge on any atom is 0.0726 e. The minimum Gasteiger partial charge on any atom is -0.310 e. The number of hydrogen-bond donors (Lipinski definition) is 0. The van der Waals surface area contributed by atoms with Crippen molar-refractivity contribution in [3.05, 3.63) is 220 Å². The quantitative estimate of drug-likeness (QED) is 0.176. The second-order valence-corrected chi connectivity index (χ2v) is 16.5. The van der Waals surface area contributed by atoms with E-state index in [9.17, 15) is 0 Å². The van der Waals surface area contributed by atoms with E-state index < -0.39 is 5.41 Å². The van der Waals surface area contributed by atoms with Crippen molar-refractivity contribution in [3.8, 4) is 33.4 Å². The van der Waals surface area contributed by atoms with Crippen LogP contribution in [0.4, 0.5) is 17.1 Å². The van der Waals surface area contributed by atoms with Gasteiger partial charge in [-0.25, -0.2) is 0 Å². The maximum absolute atomic E-state index is 2.52. The fourth-order valence-electron chi connectivity index (χ4n) is 10.8. The van der Waals surface area contributed by atoms with Gasteiger partial charge in [-0.3, -0.25) is 0 Å². The first-order valence-electron chi connectivity index (χ1n) is 19.8. The van der Waals surface area contributed by atoms with E-state index in [4.69, 9.17) is 0 Å². The Morgan fingerprint density at radius 3 is 1.49 bits per heavy atom. The molecule has 7 aromatic carbocycles. The molecule has 1 unspecified atom stereocenters. The SMILES string of the molecule is CC1=CC=CCC1c1ccc(N(c2ccc3c(c2)C(C)(C)c2ccccc2-3)c2ccc3c(c2)C2(c4ccccc4-c4ccccc42)c2ccccc2-3)cc1C. The normalized spacial score (nSPS) is 17.2. The lowest BCUT2D eigenvalue weighted by atomic mass is 9.70.